The van der Waals surface area contributed by atoms with Gasteiger partial charge in [0.15, 0.2) is 5.82 Å². The van der Waals surface area contributed by atoms with Crippen LogP contribution >= 0.6 is 22.9 Å². The Balaban J connectivity index is 1.88. The van der Waals surface area contributed by atoms with Gasteiger partial charge >= 0.3 is 0 Å². The minimum absolute atomic E-state index is 0.0940. The van der Waals surface area contributed by atoms with Crippen molar-refractivity contribution in [1.82, 2.24) is 19.8 Å². The summed E-state index contributed by atoms with van der Waals surface area (Å²) in [5, 5.41) is 0.831. The molecule has 198 valence electrons. The van der Waals surface area contributed by atoms with Gasteiger partial charge in [0, 0.05) is 38.3 Å². The Kier molecular flexibility index (Phi) is 8.53. The van der Waals surface area contributed by atoms with Gasteiger partial charge in [-0.1, -0.05) is 37.2 Å². The van der Waals surface area contributed by atoms with Crippen molar-refractivity contribution in [3.8, 4) is 11.3 Å². The fraction of sp³-hybridized carbons (Fsp3) is 0.296. The van der Waals surface area contributed by atoms with Gasteiger partial charge in [-0.05, 0) is 37.6 Å². The number of carbonyl (C=O) groups is 2. The molecule has 1 aromatic carbocycles. The minimum atomic E-state index is -0.480. The SMILES string of the molecule is C=CC(=O)N1CCN(C(=NC)c2cc(Cl)c(-c3ccccc3F)nc2N(C=O)c2scnc2CC)C(C)C1. The zero-order chi connectivity index (χ0) is 27.4. The molecule has 11 heteroatoms. The molecule has 3 aromatic rings. The number of anilines is 2. The number of carbonyl (C=O) groups excluding carboxylic acids is 2. The lowest BCUT2D eigenvalue weighted by atomic mass is 10.1. The minimum Gasteiger partial charge on any atom is -0.350 e. The topological polar surface area (TPSA) is 82.0 Å². The molecule has 0 aliphatic carbocycles. The lowest BCUT2D eigenvalue weighted by Gasteiger charge is -2.41. The van der Waals surface area contributed by atoms with Crippen molar-refractivity contribution < 1.29 is 14.0 Å². The Morgan fingerprint density at radius 3 is 2.76 bits per heavy atom. The number of aromatic nitrogens is 2. The van der Waals surface area contributed by atoms with Crippen LogP contribution in [0.15, 0.2) is 53.5 Å². The molecule has 2 amide bonds. The molecule has 3 heterocycles. The summed E-state index contributed by atoms with van der Waals surface area (Å²) >= 11 is 8.03. The van der Waals surface area contributed by atoms with E-state index >= 15 is 0 Å². The number of thiazole rings is 1. The monoisotopic (exact) mass is 554 g/mol. The average Bonchev–Trinajstić information content (AvgIpc) is 3.40. The molecule has 8 nitrogen and oxygen atoms in total. The van der Waals surface area contributed by atoms with E-state index in [1.165, 1.54) is 28.4 Å². The van der Waals surface area contributed by atoms with E-state index in [9.17, 15) is 14.0 Å². The molecule has 1 unspecified atom stereocenters. The molecule has 0 N–H and O–H groups in total. The maximum atomic E-state index is 14.8. The number of pyridine rings is 1. The van der Waals surface area contributed by atoms with E-state index in [4.69, 9.17) is 16.6 Å². The Hall–Kier alpha value is -3.63. The Labute approximate surface area is 230 Å². The summed E-state index contributed by atoms with van der Waals surface area (Å²) in [6.07, 6.45) is 2.59. The Bertz CT molecular complexity index is 1390. The highest BCUT2D eigenvalue weighted by molar-refractivity contribution is 7.14. The second kappa shape index (κ2) is 11.8. The largest absolute Gasteiger partial charge is 0.350 e. The van der Waals surface area contributed by atoms with Gasteiger partial charge < -0.3 is 9.80 Å². The first-order valence-electron chi connectivity index (χ1n) is 12.1. The Morgan fingerprint density at radius 1 is 1.37 bits per heavy atom. The van der Waals surface area contributed by atoms with E-state index < -0.39 is 5.82 Å². The van der Waals surface area contributed by atoms with Gasteiger partial charge in [-0.25, -0.2) is 14.4 Å². The number of halogens is 2. The van der Waals surface area contributed by atoms with Crippen LogP contribution in [0.3, 0.4) is 0 Å². The lowest BCUT2D eigenvalue weighted by Crippen LogP contribution is -2.55. The highest BCUT2D eigenvalue weighted by Crippen LogP contribution is 2.38. The van der Waals surface area contributed by atoms with Crippen molar-refractivity contribution in [1.29, 1.82) is 0 Å². The molecular formula is C27H28ClFN6O2S. The third-order valence-electron chi connectivity index (χ3n) is 6.43. The zero-order valence-electron chi connectivity index (χ0n) is 21.4. The molecule has 0 radical (unpaired) electrons. The van der Waals surface area contributed by atoms with Gasteiger partial charge in [0.25, 0.3) is 0 Å². The van der Waals surface area contributed by atoms with Crippen LogP contribution < -0.4 is 4.90 Å². The molecule has 1 fully saturated rings. The molecule has 0 bridgehead atoms. The van der Waals surface area contributed by atoms with Gasteiger partial charge in [-0.2, -0.15) is 0 Å². The molecule has 0 saturated carbocycles. The van der Waals surface area contributed by atoms with Crippen LogP contribution in [-0.4, -0.2) is 70.6 Å². The number of nitrogens with zero attached hydrogens (tertiary/aromatic N) is 6. The van der Waals surface area contributed by atoms with Crippen molar-refractivity contribution in [3.63, 3.8) is 0 Å². The van der Waals surface area contributed by atoms with Crippen molar-refractivity contribution >= 4 is 51.9 Å². The molecule has 38 heavy (non-hydrogen) atoms. The quantitative estimate of drug-likeness (QED) is 0.179. The van der Waals surface area contributed by atoms with Crippen LogP contribution in [0.1, 0.15) is 25.1 Å². The first-order chi connectivity index (χ1) is 18.3. The smallest absolute Gasteiger partial charge is 0.246 e. The van der Waals surface area contributed by atoms with Crippen LogP contribution in [-0.2, 0) is 16.0 Å². The summed E-state index contributed by atoms with van der Waals surface area (Å²) in [7, 11) is 1.65. The summed E-state index contributed by atoms with van der Waals surface area (Å²) in [6, 6.07) is 7.79. The molecule has 1 aliphatic rings. The summed E-state index contributed by atoms with van der Waals surface area (Å²) in [4.78, 5) is 43.7. The number of aliphatic imine (C=N–C) groups is 1. The van der Waals surface area contributed by atoms with Crippen molar-refractivity contribution in [2.24, 2.45) is 4.99 Å². The predicted octanol–water partition coefficient (Wildman–Crippen LogP) is 4.95. The highest BCUT2D eigenvalue weighted by atomic mass is 35.5. The maximum Gasteiger partial charge on any atom is 0.246 e. The predicted molar refractivity (Wildman–Crippen MR) is 150 cm³/mol. The summed E-state index contributed by atoms with van der Waals surface area (Å²) in [6.45, 7) is 8.98. The summed E-state index contributed by atoms with van der Waals surface area (Å²) in [5.74, 6) is 0.211. The van der Waals surface area contributed by atoms with Crippen molar-refractivity contribution in [3.05, 3.63) is 70.6 Å². The third kappa shape index (κ3) is 5.19. The third-order valence-corrected chi connectivity index (χ3v) is 7.58. The van der Waals surface area contributed by atoms with Crippen molar-refractivity contribution in [2.75, 3.05) is 31.6 Å². The number of benzene rings is 1. The molecule has 4 rings (SSSR count). The molecule has 0 spiro atoms. The van der Waals surface area contributed by atoms with Crippen LogP contribution in [0.25, 0.3) is 11.3 Å². The lowest BCUT2D eigenvalue weighted by molar-refractivity contribution is -0.128. The van der Waals surface area contributed by atoms with Crippen LogP contribution in [0.2, 0.25) is 5.02 Å². The number of amides is 2. The standard InChI is InChI=1S/C27H28ClFN6O2S/c1-5-22-27(38-15-31-22)35(16-36)26-19(13-20(28)24(32-26)18-9-7-8-10-21(18)29)25(30-4)34-12-11-33(14-17(34)3)23(37)6-2/h6-10,13,15-17H,2,5,11-12,14H2,1,3-4H3. The number of aryl methyl sites for hydroxylation is 1. The number of hydrogen-bond acceptors (Lipinski definition) is 6. The normalized spacial score (nSPS) is 15.9. The molecule has 2 aromatic heterocycles. The second-order valence-electron chi connectivity index (χ2n) is 8.68. The fourth-order valence-electron chi connectivity index (χ4n) is 4.57. The van der Waals surface area contributed by atoms with Gasteiger partial charge in [-0.3, -0.25) is 19.5 Å². The number of piperazine rings is 1. The van der Waals surface area contributed by atoms with E-state index in [0.29, 0.717) is 48.9 Å². The first-order valence-corrected chi connectivity index (χ1v) is 13.4. The summed E-state index contributed by atoms with van der Waals surface area (Å²) in [5.41, 5.74) is 3.34. The second-order valence-corrected chi connectivity index (χ2v) is 9.92. The van der Waals surface area contributed by atoms with E-state index in [1.54, 1.807) is 41.7 Å². The number of hydrogen-bond donors (Lipinski definition) is 0. The molecule has 1 atom stereocenters. The fourth-order valence-corrected chi connectivity index (χ4v) is 5.68. The zero-order valence-corrected chi connectivity index (χ0v) is 23.0. The molecule has 1 aliphatic heterocycles. The van der Waals surface area contributed by atoms with Gasteiger partial charge in [0.2, 0.25) is 12.3 Å². The van der Waals surface area contributed by atoms with E-state index in [-0.39, 0.29) is 34.0 Å². The highest BCUT2D eigenvalue weighted by Gasteiger charge is 2.32. The molecular weight excluding hydrogens is 527 g/mol. The van der Waals surface area contributed by atoms with Crippen LogP contribution in [0.5, 0.6) is 0 Å². The van der Waals surface area contributed by atoms with Gasteiger partial charge in [0.1, 0.15) is 16.7 Å². The van der Waals surface area contributed by atoms with E-state index in [2.05, 4.69) is 21.5 Å². The van der Waals surface area contributed by atoms with E-state index in [1.807, 2.05) is 13.8 Å². The van der Waals surface area contributed by atoms with Crippen molar-refractivity contribution in [2.45, 2.75) is 26.3 Å². The number of amidine groups is 1. The maximum absolute atomic E-state index is 14.8. The van der Waals surface area contributed by atoms with Crippen LogP contribution in [0.4, 0.5) is 15.2 Å². The Morgan fingerprint density at radius 2 is 2.13 bits per heavy atom. The first kappa shape index (κ1) is 27.4. The van der Waals surface area contributed by atoms with Gasteiger partial charge in [0.05, 0.1) is 27.5 Å². The average molecular weight is 555 g/mol. The summed E-state index contributed by atoms with van der Waals surface area (Å²) < 4.78 is 14.8. The number of rotatable bonds is 7. The van der Waals surface area contributed by atoms with Gasteiger partial charge in [-0.15, -0.1) is 11.3 Å². The van der Waals surface area contributed by atoms with E-state index in [0.717, 1.165) is 5.69 Å². The van der Waals surface area contributed by atoms with Crippen LogP contribution in [0, 0.1) is 5.82 Å². The molecule has 1 saturated heterocycles.